The summed E-state index contributed by atoms with van der Waals surface area (Å²) in [4.78, 5) is 19.4. The van der Waals surface area contributed by atoms with Gasteiger partial charge in [-0.25, -0.2) is 9.37 Å². The van der Waals surface area contributed by atoms with E-state index in [0.29, 0.717) is 40.4 Å². The Bertz CT molecular complexity index is 993. The average molecular weight is 366 g/mol. The average Bonchev–Trinajstić information content (AvgIpc) is 2.70. The van der Waals surface area contributed by atoms with E-state index in [2.05, 4.69) is 9.97 Å². The first-order valence-corrected chi connectivity index (χ1v) is 9.56. The Labute approximate surface area is 157 Å². The minimum absolute atomic E-state index is 0.226. The molecule has 1 saturated carbocycles. The molecule has 0 saturated heterocycles. The Morgan fingerprint density at radius 1 is 1.11 bits per heavy atom. The lowest BCUT2D eigenvalue weighted by atomic mass is 9.90. The van der Waals surface area contributed by atoms with Crippen molar-refractivity contribution >= 4 is 10.9 Å². The van der Waals surface area contributed by atoms with E-state index in [1.54, 1.807) is 30.3 Å². The van der Waals surface area contributed by atoms with Crippen molar-refractivity contribution < 1.29 is 9.13 Å². The van der Waals surface area contributed by atoms with Gasteiger partial charge in [-0.3, -0.25) is 4.79 Å². The van der Waals surface area contributed by atoms with E-state index >= 15 is 0 Å². The Hall–Kier alpha value is -2.53. The van der Waals surface area contributed by atoms with E-state index in [1.807, 2.05) is 6.07 Å². The second kappa shape index (κ2) is 8.01. The van der Waals surface area contributed by atoms with E-state index in [-0.39, 0.29) is 18.0 Å². The fourth-order valence-corrected chi connectivity index (χ4v) is 3.72. The summed E-state index contributed by atoms with van der Waals surface area (Å²) < 4.78 is 20.3. The molecule has 0 aliphatic heterocycles. The number of para-hydroxylation sites is 1. The van der Waals surface area contributed by atoms with Gasteiger partial charge in [0.05, 0.1) is 17.5 Å². The first-order valence-electron chi connectivity index (χ1n) is 9.56. The van der Waals surface area contributed by atoms with Crippen LogP contribution in [0, 0.1) is 11.7 Å². The number of ether oxygens (including phenoxy) is 1. The first kappa shape index (κ1) is 17.9. The van der Waals surface area contributed by atoms with Crippen LogP contribution in [0.5, 0.6) is 0 Å². The highest BCUT2D eigenvalue weighted by Crippen LogP contribution is 2.25. The second-order valence-electron chi connectivity index (χ2n) is 7.26. The third-order valence-corrected chi connectivity index (χ3v) is 5.28. The van der Waals surface area contributed by atoms with Crippen LogP contribution in [0.2, 0.25) is 0 Å². The smallest absolute Gasteiger partial charge is 0.259 e. The maximum absolute atomic E-state index is 14.5. The first-order chi connectivity index (χ1) is 13.2. The van der Waals surface area contributed by atoms with Crippen LogP contribution >= 0.6 is 0 Å². The third-order valence-electron chi connectivity index (χ3n) is 5.28. The van der Waals surface area contributed by atoms with Gasteiger partial charge in [0.15, 0.2) is 0 Å². The lowest BCUT2D eigenvalue weighted by molar-refractivity contribution is 0.0723. The molecular formula is C22H23FN2O2. The number of aromatic nitrogens is 2. The predicted molar refractivity (Wildman–Crippen MR) is 104 cm³/mol. The normalized spacial score (nSPS) is 15.3. The predicted octanol–water partition coefficient (Wildman–Crippen LogP) is 4.83. The van der Waals surface area contributed by atoms with E-state index in [0.717, 1.165) is 0 Å². The zero-order valence-electron chi connectivity index (χ0n) is 15.2. The maximum Gasteiger partial charge on any atom is 0.259 e. The van der Waals surface area contributed by atoms with E-state index in [4.69, 9.17) is 4.74 Å². The summed E-state index contributed by atoms with van der Waals surface area (Å²) in [6.45, 7) is 0.963. The molecule has 4 nitrogen and oxygen atoms in total. The Balaban J connectivity index is 1.49. The molecule has 0 unspecified atom stereocenters. The molecule has 1 heterocycles. The molecule has 2 aromatic carbocycles. The van der Waals surface area contributed by atoms with Crippen LogP contribution in [0.25, 0.3) is 22.3 Å². The van der Waals surface area contributed by atoms with Gasteiger partial charge in [0.25, 0.3) is 5.56 Å². The molecule has 3 aromatic rings. The summed E-state index contributed by atoms with van der Waals surface area (Å²) in [7, 11) is 0. The summed E-state index contributed by atoms with van der Waals surface area (Å²) in [6, 6.07) is 12.0. The molecule has 1 aliphatic rings. The molecule has 0 bridgehead atoms. The van der Waals surface area contributed by atoms with Crippen molar-refractivity contribution in [3.05, 3.63) is 64.2 Å². The van der Waals surface area contributed by atoms with Crippen LogP contribution in [0.3, 0.4) is 0 Å². The zero-order chi connectivity index (χ0) is 18.6. The number of halogens is 1. The summed E-state index contributed by atoms with van der Waals surface area (Å²) in [5.41, 5.74) is 1.44. The minimum Gasteiger partial charge on any atom is -0.376 e. The lowest BCUT2D eigenvalue weighted by Crippen LogP contribution is -2.13. The number of rotatable bonds is 5. The minimum atomic E-state index is -0.341. The molecule has 0 atom stereocenters. The van der Waals surface area contributed by atoms with Crippen molar-refractivity contribution in [3.63, 3.8) is 0 Å². The van der Waals surface area contributed by atoms with Crippen LogP contribution in [-0.2, 0) is 11.3 Å². The Morgan fingerprint density at radius 2 is 1.93 bits per heavy atom. The van der Waals surface area contributed by atoms with Gasteiger partial charge in [-0.15, -0.1) is 0 Å². The van der Waals surface area contributed by atoms with Crippen LogP contribution in [-0.4, -0.2) is 16.6 Å². The van der Waals surface area contributed by atoms with Gasteiger partial charge in [0.1, 0.15) is 11.6 Å². The fraction of sp³-hybridized carbons (Fsp3) is 0.364. The summed E-state index contributed by atoms with van der Waals surface area (Å²) in [6.07, 6.45) is 6.28. The standard InChI is InChI=1S/C22H23FN2O2/c23-19-12-16(21-24-20-9-5-4-8-18(20)22(26)25-21)10-11-17(19)14-27-13-15-6-2-1-3-7-15/h4-5,8-12,15H,1-3,6-7,13-14H2,(H,24,25,26). The Kier molecular flexibility index (Phi) is 5.30. The van der Waals surface area contributed by atoms with E-state index < -0.39 is 0 Å². The van der Waals surface area contributed by atoms with Crippen molar-refractivity contribution in [3.8, 4) is 11.4 Å². The number of benzene rings is 2. The maximum atomic E-state index is 14.5. The number of hydrogen-bond donors (Lipinski definition) is 1. The summed E-state index contributed by atoms with van der Waals surface area (Å²) in [5, 5.41) is 0.523. The highest BCUT2D eigenvalue weighted by atomic mass is 19.1. The zero-order valence-corrected chi connectivity index (χ0v) is 15.2. The molecule has 0 radical (unpaired) electrons. The van der Waals surface area contributed by atoms with Crippen molar-refractivity contribution in [1.82, 2.24) is 9.97 Å². The number of nitrogens with zero attached hydrogens (tertiary/aromatic N) is 1. The van der Waals surface area contributed by atoms with Gasteiger partial charge < -0.3 is 9.72 Å². The molecule has 4 rings (SSSR count). The highest BCUT2D eigenvalue weighted by molar-refractivity contribution is 5.79. The lowest BCUT2D eigenvalue weighted by Gasteiger charge is -2.21. The van der Waals surface area contributed by atoms with Crippen LogP contribution in [0.4, 0.5) is 4.39 Å². The molecular weight excluding hydrogens is 343 g/mol. The number of H-pyrrole nitrogens is 1. The van der Waals surface area contributed by atoms with Crippen LogP contribution < -0.4 is 5.56 Å². The number of hydrogen-bond acceptors (Lipinski definition) is 3. The second-order valence-corrected chi connectivity index (χ2v) is 7.26. The van der Waals surface area contributed by atoms with Crippen molar-refractivity contribution in [2.24, 2.45) is 5.92 Å². The molecule has 1 aromatic heterocycles. The van der Waals surface area contributed by atoms with Crippen molar-refractivity contribution in [2.45, 2.75) is 38.7 Å². The highest BCUT2D eigenvalue weighted by Gasteiger charge is 2.14. The van der Waals surface area contributed by atoms with Gasteiger partial charge in [-0.05, 0) is 37.0 Å². The van der Waals surface area contributed by atoms with Gasteiger partial charge >= 0.3 is 0 Å². The van der Waals surface area contributed by atoms with Crippen LogP contribution in [0.1, 0.15) is 37.7 Å². The number of nitrogens with one attached hydrogen (secondary N) is 1. The van der Waals surface area contributed by atoms with Gasteiger partial charge in [0.2, 0.25) is 0 Å². The van der Waals surface area contributed by atoms with Gasteiger partial charge in [-0.2, -0.15) is 0 Å². The third kappa shape index (κ3) is 4.08. The van der Waals surface area contributed by atoms with Crippen LogP contribution in [0.15, 0.2) is 47.3 Å². The largest absolute Gasteiger partial charge is 0.376 e. The summed E-state index contributed by atoms with van der Waals surface area (Å²) >= 11 is 0. The number of fused-ring (bicyclic) bond motifs is 1. The summed E-state index contributed by atoms with van der Waals surface area (Å²) in [5.74, 6) is 0.632. The number of aromatic amines is 1. The van der Waals surface area contributed by atoms with E-state index in [1.165, 1.54) is 38.2 Å². The van der Waals surface area contributed by atoms with Gasteiger partial charge in [0, 0.05) is 17.7 Å². The Morgan fingerprint density at radius 3 is 2.74 bits per heavy atom. The monoisotopic (exact) mass is 366 g/mol. The molecule has 5 heteroatoms. The topological polar surface area (TPSA) is 55.0 Å². The molecule has 140 valence electrons. The molecule has 0 amide bonds. The van der Waals surface area contributed by atoms with Crippen molar-refractivity contribution in [1.29, 1.82) is 0 Å². The quantitative estimate of drug-likeness (QED) is 0.704. The molecule has 27 heavy (non-hydrogen) atoms. The van der Waals surface area contributed by atoms with Crippen molar-refractivity contribution in [2.75, 3.05) is 6.61 Å². The molecule has 0 spiro atoms. The molecule has 1 aliphatic carbocycles. The SMILES string of the molecule is O=c1[nH]c(-c2ccc(COCC3CCCCC3)c(F)c2)nc2ccccc12. The van der Waals surface area contributed by atoms with Gasteiger partial charge in [-0.1, -0.05) is 43.5 Å². The van der Waals surface area contributed by atoms with E-state index in [9.17, 15) is 9.18 Å². The molecule has 1 fully saturated rings. The fourth-order valence-electron chi connectivity index (χ4n) is 3.72. The molecule has 1 N–H and O–H groups in total.